The van der Waals surface area contributed by atoms with Crippen LogP contribution in [0.5, 0.6) is 0 Å². The predicted molar refractivity (Wildman–Crippen MR) is 117 cm³/mol. The topological polar surface area (TPSA) is 72.0 Å². The maximum atomic E-state index is 5.47. The van der Waals surface area contributed by atoms with Gasteiger partial charge in [0.05, 0.1) is 11.7 Å². The molecule has 2 saturated heterocycles. The number of rotatable bonds is 7. The van der Waals surface area contributed by atoms with Crippen molar-refractivity contribution < 1.29 is 4.42 Å². The fourth-order valence-electron chi connectivity index (χ4n) is 4.88. The lowest BCUT2D eigenvalue weighted by Crippen LogP contribution is -2.35. The standard InChI is InChI=1S/C22H28N6OS/c1-15-20(29-14-24-15)21-25-26-22(27(21)2)30-12-6-11-28-13-17-9-10-23-18(17)19(28)16-7-4-3-5-8-16/h3-5,7-8,14,17-19,23H,6,9-13H2,1-2H3/t17-,18-,19?/m0/s1. The summed E-state index contributed by atoms with van der Waals surface area (Å²) in [6, 6.07) is 12.1. The zero-order chi connectivity index (χ0) is 20.5. The molecule has 30 heavy (non-hydrogen) atoms. The zero-order valence-electron chi connectivity index (χ0n) is 17.5. The average Bonchev–Trinajstić information content (AvgIpc) is 3.51. The van der Waals surface area contributed by atoms with E-state index in [1.165, 1.54) is 24.9 Å². The molecular weight excluding hydrogens is 396 g/mol. The van der Waals surface area contributed by atoms with Gasteiger partial charge in [-0.25, -0.2) is 4.98 Å². The minimum Gasteiger partial charge on any atom is -0.440 e. The molecule has 8 heteroatoms. The SMILES string of the molecule is Cc1ncoc1-c1nnc(SCCCN2C[C@@H]3CCN[C@@H]3C2c2ccccc2)n1C. The van der Waals surface area contributed by atoms with Gasteiger partial charge in [0.2, 0.25) is 5.82 Å². The van der Waals surface area contributed by atoms with E-state index in [1.807, 2.05) is 18.5 Å². The lowest BCUT2D eigenvalue weighted by molar-refractivity contribution is 0.235. The number of aromatic nitrogens is 4. The molecule has 3 aromatic rings. The molecule has 2 aliphatic heterocycles. The summed E-state index contributed by atoms with van der Waals surface area (Å²) < 4.78 is 7.47. The van der Waals surface area contributed by atoms with Gasteiger partial charge in [-0.15, -0.1) is 10.2 Å². The van der Waals surface area contributed by atoms with Crippen LogP contribution in [-0.4, -0.2) is 56.1 Å². The molecule has 0 amide bonds. The van der Waals surface area contributed by atoms with Crippen molar-refractivity contribution in [3.8, 4) is 11.6 Å². The third-order valence-corrected chi connectivity index (χ3v) is 7.46. The van der Waals surface area contributed by atoms with Gasteiger partial charge in [-0.3, -0.25) is 4.90 Å². The maximum absolute atomic E-state index is 5.47. The molecule has 1 N–H and O–H groups in total. The third kappa shape index (κ3) is 3.68. The summed E-state index contributed by atoms with van der Waals surface area (Å²) in [5.74, 6) is 3.21. The van der Waals surface area contributed by atoms with Crippen LogP contribution in [0.15, 0.2) is 46.3 Å². The first kappa shape index (κ1) is 19.8. The van der Waals surface area contributed by atoms with Gasteiger partial charge >= 0.3 is 0 Å². The molecule has 2 aromatic heterocycles. The van der Waals surface area contributed by atoms with Crippen molar-refractivity contribution in [2.24, 2.45) is 13.0 Å². The number of nitrogens with zero attached hydrogens (tertiary/aromatic N) is 5. The Kier molecular flexibility index (Phi) is 5.62. The molecule has 2 aliphatic rings. The van der Waals surface area contributed by atoms with Crippen LogP contribution in [0.3, 0.4) is 0 Å². The molecule has 5 rings (SSSR count). The van der Waals surface area contributed by atoms with E-state index in [9.17, 15) is 0 Å². The summed E-state index contributed by atoms with van der Waals surface area (Å²) in [6.07, 6.45) is 3.87. The number of thioether (sulfide) groups is 1. The molecule has 158 valence electrons. The van der Waals surface area contributed by atoms with Crippen LogP contribution in [0.2, 0.25) is 0 Å². The molecule has 0 spiro atoms. The van der Waals surface area contributed by atoms with E-state index in [4.69, 9.17) is 4.42 Å². The molecule has 7 nitrogen and oxygen atoms in total. The Balaban J connectivity index is 1.20. The number of nitrogens with one attached hydrogen (secondary N) is 1. The first-order valence-corrected chi connectivity index (χ1v) is 11.7. The summed E-state index contributed by atoms with van der Waals surface area (Å²) in [7, 11) is 1.98. The second-order valence-corrected chi connectivity index (χ2v) is 9.28. The Morgan fingerprint density at radius 3 is 2.90 bits per heavy atom. The second-order valence-electron chi connectivity index (χ2n) is 8.21. The summed E-state index contributed by atoms with van der Waals surface area (Å²) >= 11 is 1.76. The van der Waals surface area contributed by atoms with Crippen molar-refractivity contribution >= 4 is 11.8 Å². The highest BCUT2D eigenvalue weighted by atomic mass is 32.2. The van der Waals surface area contributed by atoms with E-state index < -0.39 is 0 Å². The molecular formula is C22H28N6OS. The van der Waals surface area contributed by atoms with Crippen LogP contribution < -0.4 is 5.32 Å². The van der Waals surface area contributed by atoms with E-state index in [2.05, 4.69) is 55.7 Å². The second kappa shape index (κ2) is 8.53. The molecule has 1 unspecified atom stereocenters. The zero-order valence-corrected chi connectivity index (χ0v) is 18.3. The van der Waals surface area contributed by atoms with Gasteiger partial charge in [-0.1, -0.05) is 42.1 Å². The summed E-state index contributed by atoms with van der Waals surface area (Å²) in [5.41, 5.74) is 2.27. The normalized spacial score (nSPS) is 23.9. The molecule has 1 aromatic carbocycles. The lowest BCUT2D eigenvalue weighted by atomic mass is 9.95. The maximum Gasteiger partial charge on any atom is 0.202 e. The van der Waals surface area contributed by atoms with Gasteiger partial charge in [0.25, 0.3) is 0 Å². The number of oxazole rings is 1. The van der Waals surface area contributed by atoms with Crippen LogP contribution in [0.4, 0.5) is 0 Å². The smallest absolute Gasteiger partial charge is 0.202 e. The largest absolute Gasteiger partial charge is 0.440 e. The average molecular weight is 425 g/mol. The molecule has 0 aliphatic carbocycles. The quantitative estimate of drug-likeness (QED) is 0.461. The number of likely N-dealkylation sites (tertiary alicyclic amines) is 1. The highest BCUT2D eigenvalue weighted by molar-refractivity contribution is 7.99. The van der Waals surface area contributed by atoms with E-state index in [1.54, 1.807) is 11.8 Å². The van der Waals surface area contributed by atoms with E-state index >= 15 is 0 Å². The molecule has 0 bridgehead atoms. The third-order valence-electron chi connectivity index (χ3n) is 6.35. The number of hydrogen-bond donors (Lipinski definition) is 1. The Labute approximate surface area is 181 Å². The minimum atomic E-state index is 0.486. The van der Waals surface area contributed by atoms with Crippen molar-refractivity contribution in [2.75, 3.05) is 25.4 Å². The minimum absolute atomic E-state index is 0.486. The molecule has 0 radical (unpaired) electrons. The van der Waals surface area contributed by atoms with Crippen LogP contribution >= 0.6 is 11.8 Å². The Bertz CT molecular complexity index is 987. The van der Waals surface area contributed by atoms with Gasteiger partial charge in [-0.2, -0.15) is 0 Å². The van der Waals surface area contributed by atoms with Gasteiger partial charge in [0.1, 0.15) is 0 Å². The number of fused-ring (bicyclic) bond motifs is 1. The first-order valence-electron chi connectivity index (χ1n) is 10.7. The van der Waals surface area contributed by atoms with Crippen molar-refractivity contribution in [3.05, 3.63) is 48.0 Å². The number of aryl methyl sites for hydroxylation is 1. The van der Waals surface area contributed by atoms with Gasteiger partial charge in [0, 0.05) is 25.4 Å². The molecule has 2 fully saturated rings. The van der Waals surface area contributed by atoms with Crippen LogP contribution in [-0.2, 0) is 7.05 Å². The Hall–Kier alpha value is -2.16. The fraction of sp³-hybridized carbons (Fsp3) is 0.500. The molecule has 3 atom stereocenters. The lowest BCUT2D eigenvalue weighted by Gasteiger charge is -2.28. The van der Waals surface area contributed by atoms with Gasteiger partial charge < -0.3 is 14.3 Å². The van der Waals surface area contributed by atoms with Crippen LogP contribution in [0.1, 0.15) is 30.1 Å². The number of hydrogen-bond acceptors (Lipinski definition) is 7. The van der Waals surface area contributed by atoms with E-state index in [-0.39, 0.29) is 0 Å². The summed E-state index contributed by atoms with van der Waals surface area (Å²) in [4.78, 5) is 6.83. The summed E-state index contributed by atoms with van der Waals surface area (Å²) in [6.45, 7) is 5.37. The Morgan fingerprint density at radius 2 is 2.10 bits per heavy atom. The number of benzene rings is 1. The van der Waals surface area contributed by atoms with Crippen molar-refractivity contribution in [3.63, 3.8) is 0 Å². The highest BCUT2D eigenvalue weighted by Gasteiger charge is 2.44. The van der Waals surface area contributed by atoms with E-state index in [0.717, 1.165) is 47.9 Å². The van der Waals surface area contributed by atoms with Crippen molar-refractivity contribution in [1.82, 2.24) is 30.0 Å². The van der Waals surface area contributed by atoms with Gasteiger partial charge in [-0.05, 0) is 44.3 Å². The molecule has 0 saturated carbocycles. The summed E-state index contributed by atoms with van der Waals surface area (Å²) in [5, 5.41) is 13.3. The highest BCUT2D eigenvalue weighted by Crippen LogP contribution is 2.39. The van der Waals surface area contributed by atoms with E-state index in [0.29, 0.717) is 17.8 Å². The van der Waals surface area contributed by atoms with Crippen molar-refractivity contribution in [2.45, 2.75) is 37.0 Å². The van der Waals surface area contributed by atoms with Gasteiger partial charge in [0.15, 0.2) is 17.3 Å². The first-order chi connectivity index (χ1) is 14.7. The predicted octanol–water partition coefficient (Wildman–Crippen LogP) is 3.30. The fourth-order valence-corrected chi connectivity index (χ4v) is 5.72. The van der Waals surface area contributed by atoms with Crippen LogP contribution in [0.25, 0.3) is 11.6 Å². The molecule has 4 heterocycles. The van der Waals surface area contributed by atoms with Crippen molar-refractivity contribution in [1.29, 1.82) is 0 Å². The monoisotopic (exact) mass is 424 g/mol. The van der Waals surface area contributed by atoms with Crippen LogP contribution in [0, 0.1) is 12.8 Å². The Morgan fingerprint density at radius 1 is 1.23 bits per heavy atom.